The molecule has 1 aliphatic heterocycles. The lowest BCUT2D eigenvalue weighted by Gasteiger charge is -2.27. The first-order chi connectivity index (χ1) is 14.1. The van der Waals surface area contributed by atoms with E-state index in [1.54, 1.807) is 4.68 Å². The van der Waals surface area contributed by atoms with Crippen LogP contribution in [0.15, 0.2) is 84.1 Å². The van der Waals surface area contributed by atoms with E-state index in [1.165, 1.54) is 0 Å². The smallest absolute Gasteiger partial charge is 0.248 e. The quantitative estimate of drug-likeness (QED) is 0.564. The number of fused-ring (bicyclic) bond motifs is 2. The summed E-state index contributed by atoms with van der Waals surface area (Å²) in [6.07, 6.45) is 0. The van der Waals surface area contributed by atoms with Crippen LogP contribution in [0.3, 0.4) is 0 Å². The van der Waals surface area contributed by atoms with Crippen molar-refractivity contribution >= 4 is 22.6 Å². The number of nitrogens with one attached hydrogen (secondary N) is 1. The van der Waals surface area contributed by atoms with Crippen LogP contribution in [0.5, 0.6) is 0 Å². The van der Waals surface area contributed by atoms with Gasteiger partial charge in [0.25, 0.3) is 0 Å². The molecule has 1 amide bonds. The third-order valence-electron chi connectivity index (χ3n) is 5.26. The van der Waals surface area contributed by atoms with Crippen LogP contribution >= 0.6 is 0 Å². The molecule has 0 bridgehead atoms. The van der Waals surface area contributed by atoms with E-state index in [0.717, 1.165) is 21.9 Å². The second-order valence-corrected chi connectivity index (χ2v) is 7.07. The van der Waals surface area contributed by atoms with Crippen molar-refractivity contribution in [3.8, 4) is 11.4 Å². The molecule has 29 heavy (non-hydrogen) atoms. The van der Waals surface area contributed by atoms with Crippen LogP contribution in [0.4, 0.5) is 5.95 Å². The monoisotopic (exact) mass is 381 g/mol. The Labute approximate surface area is 167 Å². The number of nitrogens with zero attached hydrogens (tertiary/aromatic N) is 3. The molecule has 0 saturated carbocycles. The van der Waals surface area contributed by atoms with Gasteiger partial charge in [-0.15, -0.1) is 5.10 Å². The summed E-state index contributed by atoms with van der Waals surface area (Å²) in [5.41, 5.74) is 8.78. The van der Waals surface area contributed by atoms with Crippen molar-refractivity contribution in [3.63, 3.8) is 0 Å². The molecule has 1 aliphatic rings. The summed E-state index contributed by atoms with van der Waals surface area (Å²) in [4.78, 5) is 17.0. The molecule has 6 nitrogen and oxygen atoms in total. The van der Waals surface area contributed by atoms with E-state index in [2.05, 4.69) is 23.5 Å². The standard InChI is InChI=1S/C23H19N5O/c1-14-19(21(24)29)20(16-9-3-2-4-10-16)28-23(25-14)26-22(27-28)18-13-7-11-15-8-5-6-12-17(15)18/h2-13,20H,1H3,(H2,24,29)(H,25,26,27). The number of benzene rings is 3. The van der Waals surface area contributed by atoms with Crippen molar-refractivity contribution in [1.82, 2.24) is 14.8 Å². The SMILES string of the molecule is CC1=C(C(N)=O)C(c2ccccc2)n2nc(-c3cccc4ccccc34)nc2N1. The Balaban J connectivity index is 1.71. The molecule has 0 spiro atoms. The highest BCUT2D eigenvalue weighted by molar-refractivity contribution is 5.96. The van der Waals surface area contributed by atoms with E-state index in [4.69, 9.17) is 15.8 Å². The molecule has 2 heterocycles. The van der Waals surface area contributed by atoms with Gasteiger partial charge in [-0.2, -0.15) is 4.98 Å². The topological polar surface area (TPSA) is 85.8 Å². The van der Waals surface area contributed by atoms with Crippen LogP contribution in [-0.2, 0) is 4.79 Å². The van der Waals surface area contributed by atoms with Gasteiger partial charge in [-0.05, 0) is 23.3 Å². The first kappa shape index (κ1) is 17.2. The lowest BCUT2D eigenvalue weighted by molar-refractivity contribution is -0.115. The highest BCUT2D eigenvalue weighted by atomic mass is 16.1. The van der Waals surface area contributed by atoms with Gasteiger partial charge >= 0.3 is 0 Å². The molecular formula is C23H19N5O. The number of hydrogen-bond donors (Lipinski definition) is 2. The maximum Gasteiger partial charge on any atom is 0.248 e. The van der Waals surface area contributed by atoms with Gasteiger partial charge in [-0.3, -0.25) is 4.79 Å². The molecule has 5 rings (SSSR count). The zero-order chi connectivity index (χ0) is 20.0. The van der Waals surface area contributed by atoms with E-state index in [-0.39, 0.29) is 0 Å². The Kier molecular flexibility index (Phi) is 3.91. The van der Waals surface area contributed by atoms with Crippen molar-refractivity contribution in [2.75, 3.05) is 5.32 Å². The number of hydrogen-bond acceptors (Lipinski definition) is 4. The van der Waals surface area contributed by atoms with Crippen molar-refractivity contribution in [2.24, 2.45) is 5.73 Å². The number of rotatable bonds is 3. The number of nitrogens with two attached hydrogens (primary N) is 1. The lowest BCUT2D eigenvalue weighted by atomic mass is 9.95. The number of amides is 1. The largest absolute Gasteiger partial charge is 0.366 e. The van der Waals surface area contributed by atoms with Gasteiger partial charge in [0.05, 0.1) is 5.57 Å². The molecule has 0 saturated heterocycles. The molecule has 1 aromatic heterocycles. The highest BCUT2D eigenvalue weighted by Crippen LogP contribution is 2.36. The third-order valence-corrected chi connectivity index (χ3v) is 5.26. The van der Waals surface area contributed by atoms with Crippen LogP contribution in [0.2, 0.25) is 0 Å². The maximum absolute atomic E-state index is 12.3. The average molecular weight is 381 g/mol. The van der Waals surface area contributed by atoms with Gasteiger partial charge in [-0.25, -0.2) is 4.68 Å². The van der Waals surface area contributed by atoms with Crippen molar-refractivity contribution < 1.29 is 4.79 Å². The van der Waals surface area contributed by atoms with E-state index in [1.807, 2.05) is 61.5 Å². The van der Waals surface area contributed by atoms with Crippen LogP contribution in [0.1, 0.15) is 18.5 Å². The van der Waals surface area contributed by atoms with Crippen molar-refractivity contribution in [1.29, 1.82) is 0 Å². The third kappa shape index (κ3) is 2.77. The number of carbonyl (C=O) groups is 1. The molecule has 0 radical (unpaired) electrons. The average Bonchev–Trinajstić information content (AvgIpc) is 3.16. The predicted molar refractivity (Wildman–Crippen MR) is 113 cm³/mol. The van der Waals surface area contributed by atoms with Gasteiger partial charge in [-0.1, -0.05) is 72.8 Å². The van der Waals surface area contributed by atoms with E-state index >= 15 is 0 Å². The van der Waals surface area contributed by atoms with Gasteiger partial charge in [0.1, 0.15) is 6.04 Å². The fourth-order valence-electron chi connectivity index (χ4n) is 3.95. The number of anilines is 1. The van der Waals surface area contributed by atoms with Crippen LogP contribution in [0, 0.1) is 0 Å². The second-order valence-electron chi connectivity index (χ2n) is 7.07. The molecule has 3 N–H and O–H groups in total. The van der Waals surface area contributed by atoms with Gasteiger partial charge in [0.15, 0.2) is 5.82 Å². The molecule has 4 aromatic rings. The summed E-state index contributed by atoms with van der Waals surface area (Å²) < 4.78 is 1.75. The minimum Gasteiger partial charge on any atom is -0.366 e. The molecule has 0 fully saturated rings. The number of aromatic nitrogens is 3. The zero-order valence-electron chi connectivity index (χ0n) is 15.8. The van der Waals surface area contributed by atoms with Gasteiger partial charge in [0, 0.05) is 11.3 Å². The van der Waals surface area contributed by atoms with E-state index < -0.39 is 11.9 Å². The summed E-state index contributed by atoms with van der Waals surface area (Å²) in [5.74, 6) is 0.713. The van der Waals surface area contributed by atoms with E-state index in [0.29, 0.717) is 23.0 Å². The molecule has 142 valence electrons. The fourth-order valence-corrected chi connectivity index (χ4v) is 3.95. The predicted octanol–water partition coefficient (Wildman–Crippen LogP) is 3.87. The summed E-state index contributed by atoms with van der Waals surface area (Å²) in [6, 6.07) is 23.5. The van der Waals surface area contributed by atoms with Crippen LogP contribution in [-0.4, -0.2) is 20.7 Å². The Bertz CT molecular complexity index is 1270. The van der Waals surface area contributed by atoms with Crippen molar-refractivity contribution in [3.05, 3.63) is 89.6 Å². The highest BCUT2D eigenvalue weighted by Gasteiger charge is 2.33. The summed E-state index contributed by atoms with van der Waals surface area (Å²) >= 11 is 0. The zero-order valence-corrected chi connectivity index (χ0v) is 15.8. The van der Waals surface area contributed by atoms with E-state index in [9.17, 15) is 4.79 Å². The minimum absolute atomic E-state index is 0.429. The first-order valence-corrected chi connectivity index (χ1v) is 9.40. The summed E-state index contributed by atoms with van der Waals surface area (Å²) in [6.45, 7) is 1.84. The molecule has 0 aliphatic carbocycles. The number of carbonyl (C=O) groups excluding carboxylic acids is 1. The molecule has 6 heteroatoms. The normalized spacial score (nSPS) is 15.8. The molecule has 1 unspecified atom stereocenters. The summed E-state index contributed by atoms with van der Waals surface area (Å²) in [7, 11) is 0. The van der Waals surface area contributed by atoms with Gasteiger partial charge in [0.2, 0.25) is 11.9 Å². The Morgan fingerprint density at radius 1 is 1.00 bits per heavy atom. The van der Waals surface area contributed by atoms with Crippen LogP contribution in [0.25, 0.3) is 22.2 Å². The molecular weight excluding hydrogens is 362 g/mol. The number of allylic oxidation sites excluding steroid dienone is 1. The van der Waals surface area contributed by atoms with Gasteiger partial charge < -0.3 is 11.1 Å². The second kappa shape index (κ2) is 6.60. The fraction of sp³-hybridized carbons (Fsp3) is 0.0870. The Hall–Kier alpha value is -3.93. The van der Waals surface area contributed by atoms with Crippen LogP contribution < -0.4 is 11.1 Å². The minimum atomic E-state index is -0.475. The Morgan fingerprint density at radius 2 is 1.72 bits per heavy atom. The molecule has 1 atom stereocenters. The number of primary amides is 1. The first-order valence-electron chi connectivity index (χ1n) is 9.40. The lowest BCUT2D eigenvalue weighted by Crippen LogP contribution is -2.31. The Morgan fingerprint density at radius 3 is 2.52 bits per heavy atom. The maximum atomic E-state index is 12.3. The summed E-state index contributed by atoms with van der Waals surface area (Å²) in [5, 5.41) is 10.2. The van der Waals surface area contributed by atoms with Crippen molar-refractivity contribution in [2.45, 2.75) is 13.0 Å². The molecule has 3 aromatic carbocycles.